The number of unbranched alkanes of at least 4 members (excludes halogenated alkanes) is 1. The third kappa shape index (κ3) is 6.41. The molecule has 0 aliphatic heterocycles. The smallest absolute Gasteiger partial charge is 0.154 e. The minimum absolute atomic E-state index is 0.00447. The van der Waals surface area contributed by atoms with Crippen LogP contribution in [0, 0.1) is 0 Å². The summed E-state index contributed by atoms with van der Waals surface area (Å²) < 4.78 is 0. The molecule has 2 N–H and O–H groups in total. The molecule has 0 saturated heterocycles. The van der Waals surface area contributed by atoms with Crippen LogP contribution in [0.1, 0.15) is 54.9 Å². The van der Waals surface area contributed by atoms with Gasteiger partial charge in [0.25, 0.3) is 0 Å². The fourth-order valence-corrected chi connectivity index (χ4v) is 2.05. The monoisotopic (exact) mass is 288 g/mol. The minimum Gasteiger partial charge on any atom is -0.507 e. The lowest BCUT2D eigenvalue weighted by molar-refractivity contribution is 0.112. The summed E-state index contributed by atoms with van der Waals surface area (Å²) in [6.45, 7) is 2.12. The first-order valence-electron chi connectivity index (χ1n) is 7.47. The highest BCUT2D eigenvalue weighted by Gasteiger charge is 2.03. The Morgan fingerprint density at radius 3 is 2.76 bits per heavy atom. The van der Waals surface area contributed by atoms with E-state index in [0.29, 0.717) is 17.4 Å². The summed E-state index contributed by atoms with van der Waals surface area (Å²) in [4.78, 5) is 10.9. The molecular formula is C18H24O3. The van der Waals surface area contributed by atoms with E-state index in [9.17, 15) is 15.0 Å². The van der Waals surface area contributed by atoms with Gasteiger partial charge in [-0.1, -0.05) is 56.2 Å². The molecule has 1 atom stereocenters. The second kappa shape index (κ2) is 9.94. The van der Waals surface area contributed by atoms with Gasteiger partial charge in [0, 0.05) is 0 Å². The van der Waals surface area contributed by atoms with Crippen LogP contribution in [0.2, 0.25) is 0 Å². The number of phenolic OH excluding ortho intramolecular Hbond substituents is 1. The van der Waals surface area contributed by atoms with Gasteiger partial charge in [-0.25, -0.2) is 0 Å². The second-order valence-electron chi connectivity index (χ2n) is 5.06. The normalized spacial score (nSPS) is 13.0. The lowest BCUT2D eigenvalue weighted by atomic mass is 10.1. The van der Waals surface area contributed by atoms with Gasteiger partial charge in [0.2, 0.25) is 0 Å². The number of carbonyl (C=O) groups excluding carboxylic acids is 1. The largest absolute Gasteiger partial charge is 0.507 e. The molecule has 3 heteroatoms. The number of aromatic hydroxyl groups is 1. The summed E-state index contributed by atoms with van der Waals surface area (Å²) in [6, 6.07) is 4.98. The van der Waals surface area contributed by atoms with Gasteiger partial charge in [-0.05, 0) is 30.9 Å². The molecule has 3 nitrogen and oxygen atoms in total. The average molecular weight is 288 g/mol. The van der Waals surface area contributed by atoms with Gasteiger partial charge < -0.3 is 10.2 Å². The maximum Gasteiger partial charge on any atom is 0.154 e. The first-order chi connectivity index (χ1) is 10.2. The van der Waals surface area contributed by atoms with Crippen LogP contribution in [0.3, 0.4) is 0 Å². The molecule has 0 fully saturated rings. The van der Waals surface area contributed by atoms with Crippen molar-refractivity contribution in [1.82, 2.24) is 0 Å². The Bertz CT molecular complexity index is 489. The molecule has 0 unspecified atom stereocenters. The summed E-state index contributed by atoms with van der Waals surface area (Å²) >= 11 is 0. The standard InChI is InChI=1S/C18H24O3/c1-2-3-11-16(20)12-7-5-4-6-9-15-10-8-13-18(21)17(15)14-19/h4-6,8-10,13-14,16,20-21H,2-3,7,11-12H2,1H3/b5-4+,9-6+/t16-/m1/s1. The molecular weight excluding hydrogens is 264 g/mol. The van der Waals surface area contributed by atoms with Crippen molar-refractivity contribution in [1.29, 1.82) is 0 Å². The van der Waals surface area contributed by atoms with E-state index >= 15 is 0 Å². The molecule has 0 heterocycles. The van der Waals surface area contributed by atoms with Crippen LogP contribution >= 0.6 is 0 Å². The third-order valence-electron chi connectivity index (χ3n) is 3.32. The van der Waals surface area contributed by atoms with Crippen molar-refractivity contribution in [2.75, 3.05) is 0 Å². The summed E-state index contributed by atoms with van der Waals surface area (Å²) in [7, 11) is 0. The van der Waals surface area contributed by atoms with Crippen molar-refractivity contribution in [3.05, 3.63) is 47.6 Å². The van der Waals surface area contributed by atoms with E-state index in [1.54, 1.807) is 18.2 Å². The maximum atomic E-state index is 10.9. The first-order valence-corrected chi connectivity index (χ1v) is 7.47. The maximum absolute atomic E-state index is 10.9. The molecule has 114 valence electrons. The van der Waals surface area contributed by atoms with E-state index in [1.807, 2.05) is 18.2 Å². The third-order valence-corrected chi connectivity index (χ3v) is 3.32. The molecule has 0 aliphatic rings. The Hall–Kier alpha value is -1.87. The van der Waals surface area contributed by atoms with E-state index in [1.165, 1.54) is 6.07 Å². The molecule has 0 aliphatic carbocycles. The quantitative estimate of drug-likeness (QED) is 0.531. The number of aliphatic hydroxyl groups is 1. The summed E-state index contributed by atoms with van der Waals surface area (Å²) in [5.74, 6) is -0.00447. The lowest BCUT2D eigenvalue weighted by Gasteiger charge is -2.06. The minimum atomic E-state index is -0.216. The summed E-state index contributed by atoms with van der Waals surface area (Å²) in [5.41, 5.74) is 0.995. The number of aliphatic hydroxyl groups excluding tert-OH is 1. The Balaban J connectivity index is 2.43. The van der Waals surface area contributed by atoms with Gasteiger partial charge in [0.05, 0.1) is 11.7 Å². The van der Waals surface area contributed by atoms with Crippen LogP contribution < -0.4 is 0 Å². The van der Waals surface area contributed by atoms with E-state index in [2.05, 4.69) is 6.92 Å². The zero-order valence-electron chi connectivity index (χ0n) is 12.5. The number of carbonyl (C=O) groups is 1. The number of phenols is 1. The van der Waals surface area contributed by atoms with Gasteiger partial charge in [0.1, 0.15) is 5.75 Å². The molecule has 1 aromatic carbocycles. The van der Waals surface area contributed by atoms with Crippen molar-refractivity contribution in [2.45, 2.75) is 45.1 Å². The average Bonchev–Trinajstić information content (AvgIpc) is 2.48. The van der Waals surface area contributed by atoms with Crippen molar-refractivity contribution >= 4 is 12.4 Å². The second-order valence-corrected chi connectivity index (χ2v) is 5.06. The van der Waals surface area contributed by atoms with Crippen molar-refractivity contribution < 1.29 is 15.0 Å². The molecule has 1 rings (SSSR count). The number of aldehydes is 1. The summed E-state index contributed by atoms with van der Waals surface area (Å²) in [6.07, 6.45) is 12.6. The number of benzene rings is 1. The van der Waals surface area contributed by atoms with Gasteiger partial charge in [-0.2, -0.15) is 0 Å². The van der Waals surface area contributed by atoms with Crippen molar-refractivity contribution in [3.8, 4) is 5.75 Å². The SMILES string of the molecule is CCCC[C@@H](O)CC/C=C/C=C/c1cccc(O)c1C=O. The number of rotatable bonds is 9. The Labute approximate surface area is 126 Å². The van der Waals surface area contributed by atoms with Crippen LogP contribution in [0.25, 0.3) is 6.08 Å². The van der Waals surface area contributed by atoms with Crippen molar-refractivity contribution in [2.24, 2.45) is 0 Å². The summed E-state index contributed by atoms with van der Waals surface area (Å²) in [5, 5.41) is 19.2. The number of allylic oxidation sites excluding steroid dienone is 3. The number of hydrogen-bond donors (Lipinski definition) is 2. The molecule has 0 bridgehead atoms. The molecule has 0 radical (unpaired) electrons. The fraction of sp³-hybridized carbons (Fsp3) is 0.389. The molecule has 1 aromatic rings. The molecule has 0 amide bonds. The Kier molecular flexibility index (Phi) is 8.14. The lowest BCUT2D eigenvalue weighted by Crippen LogP contribution is -2.04. The zero-order valence-corrected chi connectivity index (χ0v) is 12.5. The topological polar surface area (TPSA) is 57.5 Å². The van der Waals surface area contributed by atoms with Crippen LogP contribution in [0.15, 0.2) is 36.4 Å². The molecule has 0 aromatic heterocycles. The van der Waals surface area contributed by atoms with Gasteiger partial charge in [-0.15, -0.1) is 0 Å². The molecule has 0 spiro atoms. The van der Waals surface area contributed by atoms with Gasteiger partial charge in [0.15, 0.2) is 6.29 Å². The predicted molar refractivity (Wildman–Crippen MR) is 86.4 cm³/mol. The van der Waals surface area contributed by atoms with E-state index in [-0.39, 0.29) is 11.9 Å². The molecule has 21 heavy (non-hydrogen) atoms. The van der Waals surface area contributed by atoms with Crippen LogP contribution in [-0.2, 0) is 0 Å². The molecule has 0 saturated carbocycles. The number of hydrogen-bond acceptors (Lipinski definition) is 3. The highest BCUT2D eigenvalue weighted by atomic mass is 16.3. The van der Waals surface area contributed by atoms with Crippen LogP contribution in [0.4, 0.5) is 0 Å². The predicted octanol–water partition coefficient (Wildman–Crippen LogP) is 4.11. The van der Waals surface area contributed by atoms with E-state index < -0.39 is 0 Å². The zero-order chi connectivity index (χ0) is 15.5. The van der Waals surface area contributed by atoms with Crippen LogP contribution in [-0.4, -0.2) is 22.6 Å². The Morgan fingerprint density at radius 2 is 2.05 bits per heavy atom. The van der Waals surface area contributed by atoms with E-state index in [4.69, 9.17) is 0 Å². The van der Waals surface area contributed by atoms with Gasteiger partial charge in [-0.3, -0.25) is 4.79 Å². The highest BCUT2D eigenvalue weighted by Crippen LogP contribution is 2.19. The fourth-order valence-electron chi connectivity index (χ4n) is 2.05. The van der Waals surface area contributed by atoms with Gasteiger partial charge >= 0.3 is 0 Å². The highest BCUT2D eigenvalue weighted by molar-refractivity contribution is 5.85. The first kappa shape index (κ1) is 17.2. The Morgan fingerprint density at radius 1 is 1.24 bits per heavy atom. The van der Waals surface area contributed by atoms with E-state index in [0.717, 1.165) is 32.1 Å². The van der Waals surface area contributed by atoms with Crippen molar-refractivity contribution in [3.63, 3.8) is 0 Å². The van der Waals surface area contributed by atoms with Crippen LogP contribution in [0.5, 0.6) is 5.75 Å².